The van der Waals surface area contributed by atoms with Gasteiger partial charge in [-0.2, -0.15) is 0 Å². The zero-order valence-corrected chi connectivity index (χ0v) is 16.0. The maximum Gasteiger partial charge on any atom is 0.316 e. The number of carbonyl (C=O) groups excluding carboxylic acids is 2. The van der Waals surface area contributed by atoms with Crippen LogP contribution in [-0.2, 0) is 14.4 Å². The van der Waals surface area contributed by atoms with Crippen molar-refractivity contribution >= 4 is 17.8 Å². The molecule has 0 spiro atoms. The fourth-order valence-corrected chi connectivity index (χ4v) is 3.66. The summed E-state index contributed by atoms with van der Waals surface area (Å²) in [6, 6.07) is 6.16. The second kappa shape index (κ2) is 9.15. The molecule has 4 rings (SSSR count). The van der Waals surface area contributed by atoms with Gasteiger partial charge in [-0.15, -0.1) is 0 Å². The van der Waals surface area contributed by atoms with E-state index in [9.17, 15) is 31.9 Å². The summed E-state index contributed by atoms with van der Waals surface area (Å²) < 4.78 is 51.7. The van der Waals surface area contributed by atoms with Crippen LogP contribution in [0, 0.1) is 29.2 Å². The van der Waals surface area contributed by atoms with Crippen molar-refractivity contribution in [1.29, 1.82) is 0 Å². The molecule has 3 N–H and O–H groups in total. The first kappa shape index (κ1) is 22.3. The van der Waals surface area contributed by atoms with Crippen LogP contribution in [0.3, 0.4) is 0 Å². The topological polar surface area (TPSA) is 95.5 Å². The van der Waals surface area contributed by atoms with E-state index in [0.717, 1.165) is 18.2 Å². The standard InChI is InChI=1S/C11H9F2NO3.C10H9F2NO/c12-6-1-5(2-7(13)3-6)8-4-14-10(15)9(8)11(16)17;11-8-1-6(2-9(12)4-8)7-3-10(14)13-5-7/h1-3,8-9H,4H2,(H,14,15)(H,16,17);1-2,4,7H,3,5H2,(H,13,14)/t8-,9?;7-/m00/s1. The van der Waals surface area contributed by atoms with E-state index < -0.39 is 47.0 Å². The number of hydrogen-bond acceptors (Lipinski definition) is 3. The number of carboxylic acids is 1. The molecule has 1 unspecified atom stereocenters. The van der Waals surface area contributed by atoms with E-state index in [1.165, 1.54) is 12.1 Å². The molecule has 0 aliphatic carbocycles. The van der Waals surface area contributed by atoms with Gasteiger partial charge in [0.05, 0.1) is 0 Å². The lowest BCUT2D eigenvalue weighted by molar-refractivity contribution is -0.145. The molecule has 3 atom stereocenters. The molecule has 2 amide bonds. The van der Waals surface area contributed by atoms with Gasteiger partial charge in [0.25, 0.3) is 0 Å². The van der Waals surface area contributed by atoms with Crippen LogP contribution in [0.5, 0.6) is 0 Å². The van der Waals surface area contributed by atoms with Crippen molar-refractivity contribution in [2.24, 2.45) is 5.92 Å². The van der Waals surface area contributed by atoms with Crippen LogP contribution >= 0.6 is 0 Å². The van der Waals surface area contributed by atoms with E-state index in [1.807, 2.05) is 0 Å². The Hall–Kier alpha value is -3.43. The SMILES string of the molecule is O=C(O)C1C(=O)NC[C@H]1c1cc(F)cc(F)c1.O=C1C[C@H](c2cc(F)cc(F)c2)CN1. The zero-order chi connectivity index (χ0) is 22.7. The Balaban J connectivity index is 0.000000179. The lowest BCUT2D eigenvalue weighted by Gasteiger charge is -2.13. The molecule has 6 nitrogen and oxygen atoms in total. The number of nitrogens with one attached hydrogen (secondary N) is 2. The third-order valence-corrected chi connectivity index (χ3v) is 5.09. The van der Waals surface area contributed by atoms with Crippen LogP contribution in [0.15, 0.2) is 36.4 Å². The largest absolute Gasteiger partial charge is 0.481 e. The van der Waals surface area contributed by atoms with E-state index in [1.54, 1.807) is 0 Å². The Labute approximate surface area is 174 Å². The summed E-state index contributed by atoms with van der Waals surface area (Å²) in [7, 11) is 0. The van der Waals surface area contributed by atoms with Crippen LogP contribution in [0.25, 0.3) is 0 Å². The predicted octanol–water partition coefficient (Wildman–Crippen LogP) is 2.45. The Morgan fingerprint density at radius 1 is 0.806 bits per heavy atom. The molecule has 2 aromatic carbocycles. The average Bonchev–Trinajstić information content (AvgIpc) is 3.26. The van der Waals surface area contributed by atoms with Crippen LogP contribution < -0.4 is 10.6 Å². The molecule has 2 aliphatic heterocycles. The quantitative estimate of drug-likeness (QED) is 0.507. The van der Waals surface area contributed by atoms with E-state index in [0.29, 0.717) is 24.6 Å². The molecule has 2 heterocycles. The maximum absolute atomic E-state index is 13.0. The smallest absolute Gasteiger partial charge is 0.316 e. The monoisotopic (exact) mass is 438 g/mol. The van der Waals surface area contributed by atoms with Gasteiger partial charge in [0.2, 0.25) is 11.8 Å². The van der Waals surface area contributed by atoms with Crippen LogP contribution in [0.1, 0.15) is 29.4 Å². The average molecular weight is 438 g/mol. The molecule has 0 bridgehead atoms. The number of rotatable bonds is 3. The molecule has 0 aromatic heterocycles. The van der Waals surface area contributed by atoms with Gasteiger partial charge in [0.1, 0.15) is 29.2 Å². The van der Waals surface area contributed by atoms with Crippen molar-refractivity contribution in [3.63, 3.8) is 0 Å². The highest BCUT2D eigenvalue weighted by Crippen LogP contribution is 2.30. The summed E-state index contributed by atoms with van der Waals surface area (Å²) in [5.74, 6) is -6.92. The van der Waals surface area contributed by atoms with Gasteiger partial charge in [-0.3, -0.25) is 14.4 Å². The molecule has 2 aromatic rings. The van der Waals surface area contributed by atoms with Gasteiger partial charge in [-0.1, -0.05) is 0 Å². The fourth-order valence-electron chi connectivity index (χ4n) is 3.66. The Bertz CT molecular complexity index is 990. The highest BCUT2D eigenvalue weighted by Gasteiger charge is 2.41. The molecule has 0 saturated carbocycles. The van der Waals surface area contributed by atoms with Crippen molar-refractivity contribution in [2.45, 2.75) is 18.3 Å². The maximum atomic E-state index is 13.0. The summed E-state index contributed by atoms with van der Waals surface area (Å²) in [6.07, 6.45) is 0.308. The molecule has 0 radical (unpaired) electrons. The van der Waals surface area contributed by atoms with Gasteiger partial charge in [0.15, 0.2) is 0 Å². The van der Waals surface area contributed by atoms with Crippen LogP contribution in [0.4, 0.5) is 17.6 Å². The van der Waals surface area contributed by atoms with E-state index in [2.05, 4.69) is 10.6 Å². The summed E-state index contributed by atoms with van der Waals surface area (Å²) in [4.78, 5) is 33.1. The van der Waals surface area contributed by atoms with Gasteiger partial charge in [0, 0.05) is 43.5 Å². The van der Waals surface area contributed by atoms with Crippen molar-refractivity contribution < 1.29 is 37.1 Å². The molecule has 2 saturated heterocycles. The highest BCUT2D eigenvalue weighted by molar-refractivity contribution is 5.99. The summed E-state index contributed by atoms with van der Waals surface area (Å²) >= 11 is 0. The predicted molar refractivity (Wildman–Crippen MR) is 100.0 cm³/mol. The van der Waals surface area contributed by atoms with Crippen molar-refractivity contribution in [2.75, 3.05) is 13.1 Å². The van der Waals surface area contributed by atoms with Crippen molar-refractivity contribution in [3.05, 3.63) is 70.8 Å². The van der Waals surface area contributed by atoms with E-state index in [-0.39, 0.29) is 23.9 Å². The Kier molecular flexibility index (Phi) is 6.57. The van der Waals surface area contributed by atoms with Gasteiger partial charge >= 0.3 is 5.97 Å². The van der Waals surface area contributed by atoms with Gasteiger partial charge < -0.3 is 15.7 Å². The van der Waals surface area contributed by atoms with Gasteiger partial charge in [-0.05, 0) is 35.4 Å². The zero-order valence-electron chi connectivity index (χ0n) is 16.0. The third-order valence-electron chi connectivity index (χ3n) is 5.09. The van der Waals surface area contributed by atoms with Crippen molar-refractivity contribution in [3.8, 4) is 0 Å². The Morgan fingerprint density at radius 3 is 1.77 bits per heavy atom. The molecule has 10 heteroatoms. The highest BCUT2D eigenvalue weighted by atomic mass is 19.1. The van der Waals surface area contributed by atoms with Gasteiger partial charge in [-0.25, -0.2) is 17.6 Å². The molecule has 2 aliphatic rings. The summed E-state index contributed by atoms with van der Waals surface area (Å²) in [5, 5.41) is 13.9. The number of benzene rings is 2. The fraction of sp³-hybridized carbons (Fsp3) is 0.286. The normalized spacial score (nSPS) is 22.4. The Morgan fingerprint density at radius 2 is 1.32 bits per heavy atom. The number of halogens is 4. The van der Waals surface area contributed by atoms with E-state index >= 15 is 0 Å². The third kappa shape index (κ3) is 5.39. The first-order valence-corrected chi connectivity index (χ1v) is 9.33. The minimum Gasteiger partial charge on any atom is -0.481 e. The molecule has 2 fully saturated rings. The number of hydrogen-bond donors (Lipinski definition) is 3. The number of aliphatic carboxylic acids is 1. The lowest BCUT2D eigenvalue weighted by Crippen LogP contribution is -2.26. The van der Waals surface area contributed by atoms with Crippen molar-refractivity contribution in [1.82, 2.24) is 10.6 Å². The molecule has 31 heavy (non-hydrogen) atoms. The number of amides is 2. The minimum atomic E-state index is -1.30. The molecular formula is C21H18F4N2O4. The number of carbonyl (C=O) groups is 3. The number of carboxylic acid groups (broad SMARTS) is 1. The molecular weight excluding hydrogens is 420 g/mol. The molecule has 164 valence electrons. The minimum absolute atomic E-state index is 0.0681. The van der Waals surface area contributed by atoms with E-state index in [4.69, 9.17) is 5.11 Å². The summed E-state index contributed by atoms with van der Waals surface area (Å²) in [6.45, 7) is 0.528. The second-order valence-electron chi connectivity index (χ2n) is 7.28. The second-order valence-corrected chi connectivity index (χ2v) is 7.28. The summed E-state index contributed by atoms with van der Waals surface area (Å²) in [5.41, 5.74) is 0.717. The van der Waals surface area contributed by atoms with Crippen LogP contribution in [0.2, 0.25) is 0 Å². The van der Waals surface area contributed by atoms with Crippen LogP contribution in [-0.4, -0.2) is 36.0 Å². The lowest BCUT2D eigenvalue weighted by atomic mass is 9.88. The first-order valence-electron chi connectivity index (χ1n) is 9.33. The first-order chi connectivity index (χ1) is 14.6.